The standard InChI is InChI=1S/C11H17NO3/c1-3-8(13)12-11-5-4-10(6-11,7-11)9(14)15-2/h3-7H2,1-2H3,(H,12,13). The van der Waals surface area contributed by atoms with Crippen molar-refractivity contribution in [2.75, 3.05) is 7.11 Å². The SMILES string of the molecule is CCC(=O)NC12CCC(C(=O)OC)(C1)C2. The molecule has 84 valence electrons. The van der Waals surface area contributed by atoms with E-state index in [4.69, 9.17) is 4.74 Å². The van der Waals surface area contributed by atoms with Gasteiger partial charge in [0.25, 0.3) is 0 Å². The summed E-state index contributed by atoms with van der Waals surface area (Å²) in [5.41, 5.74) is -0.378. The van der Waals surface area contributed by atoms with Crippen molar-refractivity contribution in [1.29, 1.82) is 0 Å². The van der Waals surface area contributed by atoms with Gasteiger partial charge in [0, 0.05) is 12.0 Å². The van der Waals surface area contributed by atoms with Crippen LogP contribution in [0.5, 0.6) is 0 Å². The van der Waals surface area contributed by atoms with Crippen molar-refractivity contribution in [3.05, 3.63) is 0 Å². The number of hydrogen-bond donors (Lipinski definition) is 1. The number of fused-ring (bicyclic) bond motifs is 1. The molecule has 0 unspecified atom stereocenters. The van der Waals surface area contributed by atoms with Crippen LogP contribution in [0, 0.1) is 5.41 Å². The molecule has 0 aliphatic heterocycles. The van der Waals surface area contributed by atoms with E-state index in [0.717, 1.165) is 25.7 Å². The lowest BCUT2D eigenvalue weighted by molar-refractivity contribution is -0.159. The van der Waals surface area contributed by atoms with Crippen LogP contribution < -0.4 is 5.32 Å². The van der Waals surface area contributed by atoms with E-state index in [0.29, 0.717) is 6.42 Å². The smallest absolute Gasteiger partial charge is 0.311 e. The Bertz CT molecular complexity index is 305. The van der Waals surface area contributed by atoms with Gasteiger partial charge in [0.15, 0.2) is 0 Å². The predicted octanol–water partition coefficient (Wildman–Crippen LogP) is 0.998. The fourth-order valence-electron chi connectivity index (χ4n) is 3.07. The maximum absolute atomic E-state index is 11.5. The molecule has 0 aromatic carbocycles. The first-order chi connectivity index (χ1) is 7.06. The first-order valence-corrected chi connectivity index (χ1v) is 5.45. The average Bonchev–Trinajstić information content (AvgIpc) is 2.72. The molecule has 0 saturated heterocycles. The summed E-state index contributed by atoms with van der Waals surface area (Å²) < 4.78 is 4.80. The van der Waals surface area contributed by atoms with Gasteiger partial charge >= 0.3 is 5.97 Å². The molecule has 0 radical (unpaired) electrons. The summed E-state index contributed by atoms with van der Waals surface area (Å²) in [6.07, 6.45) is 3.79. The average molecular weight is 211 g/mol. The van der Waals surface area contributed by atoms with Crippen molar-refractivity contribution in [1.82, 2.24) is 5.32 Å². The summed E-state index contributed by atoms with van der Waals surface area (Å²) in [5.74, 6) is -0.0308. The van der Waals surface area contributed by atoms with E-state index in [2.05, 4.69) is 5.32 Å². The first-order valence-electron chi connectivity index (χ1n) is 5.45. The fourth-order valence-corrected chi connectivity index (χ4v) is 3.07. The molecule has 0 aromatic heterocycles. The van der Waals surface area contributed by atoms with Crippen LogP contribution in [0.2, 0.25) is 0 Å². The van der Waals surface area contributed by atoms with Crippen molar-refractivity contribution in [2.45, 2.75) is 44.6 Å². The normalized spacial score (nSPS) is 36.9. The monoisotopic (exact) mass is 211 g/mol. The van der Waals surface area contributed by atoms with Gasteiger partial charge in [-0.1, -0.05) is 6.92 Å². The largest absolute Gasteiger partial charge is 0.469 e. The molecule has 3 aliphatic carbocycles. The molecule has 1 N–H and O–H groups in total. The van der Waals surface area contributed by atoms with Gasteiger partial charge in [0.05, 0.1) is 12.5 Å². The zero-order valence-electron chi connectivity index (χ0n) is 9.26. The maximum atomic E-state index is 11.5. The third-order valence-electron chi connectivity index (χ3n) is 3.78. The van der Waals surface area contributed by atoms with E-state index in [1.807, 2.05) is 6.92 Å². The molecule has 2 bridgehead atoms. The zero-order valence-corrected chi connectivity index (χ0v) is 9.26. The van der Waals surface area contributed by atoms with Crippen LogP contribution in [0.3, 0.4) is 0 Å². The van der Waals surface area contributed by atoms with E-state index >= 15 is 0 Å². The molecular weight excluding hydrogens is 194 g/mol. The molecular formula is C11H17NO3. The molecule has 0 heterocycles. The number of carbonyl (C=O) groups excluding carboxylic acids is 2. The Balaban J connectivity index is 1.99. The molecule has 4 nitrogen and oxygen atoms in total. The Labute approximate surface area is 89.4 Å². The molecule has 3 saturated carbocycles. The Morgan fingerprint density at radius 1 is 1.33 bits per heavy atom. The van der Waals surface area contributed by atoms with Gasteiger partial charge in [-0.2, -0.15) is 0 Å². The van der Waals surface area contributed by atoms with Gasteiger partial charge < -0.3 is 10.1 Å². The van der Waals surface area contributed by atoms with Crippen molar-refractivity contribution in [3.8, 4) is 0 Å². The van der Waals surface area contributed by atoms with Crippen LogP contribution in [-0.2, 0) is 14.3 Å². The second kappa shape index (κ2) is 3.22. The molecule has 0 aromatic rings. The van der Waals surface area contributed by atoms with Crippen LogP contribution in [0.4, 0.5) is 0 Å². The molecule has 0 spiro atoms. The molecule has 3 aliphatic rings. The number of rotatable bonds is 3. The number of hydrogen-bond acceptors (Lipinski definition) is 3. The summed E-state index contributed by atoms with van der Waals surface area (Å²) in [5, 5.41) is 3.03. The topological polar surface area (TPSA) is 55.4 Å². The number of ether oxygens (including phenoxy) is 1. The van der Waals surface area contributed by atoms with Crippen LogP contribution in [0.25, 0.3) is 0 Å². The van der Waals surface area contributed by atoms with Crippen LogP contribution in [0.1, 0.15) is 39.0 Å². The van der Waals surface area contributed by atoms with E-state index in [1.165, 1.54) is 7.11 Å². The molecule has 0 atom stereocenters. The van der Waals surface area contributed by atoms with Crippen LogP contribution in [0.15, 0.2) is 0 Å². The van der Waals surface area contributed by atoms with Gasteiger partial charge in [-0.05, 0) is 25.7 Å². The summed E-state index contributed by atoms with van der Waals surface area (Å²) in [7, 11) is 1.43. The third-order valence-corrected chi connectivity index (χ3v) is 3.78. The number of esters is 1. The molecule has 1 amide bonds. The zero-order chi connectivity index (χ0) is 11.1. The van der Waals surface area contributed by atoms with Gasteiger partial charge in [0.1, 0.15) is 0 Å². The highest BCUT2D eigenvalue weighted by atomic mass is 16.5. The number of methoxy groups -OCH3 is 1. The maximum Gasteiger partial charge on any atom is 0.311 e. The predicted molar refractivity (Wildman–Crippen MR) is 54.1 cm³/mol. The summed E-state index contributed by atoms with van der Waals surface area (Å²) in [4.78, 5) is 22.9. The number of amides is 1. The quantitative estimate of drug-likeness (QED) is 0.708. The van der Waals surface area contributed by atoms with Crippen LogP contribution >= 0.6 is 0 Å². The van der Waals surface area contributed by atoms with Crippen molar-refractivity contribution < 1.29 is 14.3 Å². The van der Waals surface area contributed by atoms with E-state index < -0.39 is 0 Å². The fraction of sp³-hybridized carbons (Fsp3) is 0.818. The first kappa shape index (κ1) is 10.5. The van der Waals surface area contributed by atoms with Crippen molar-refractivity contribution in [2.24, 2.45) is 5.41 Å². The lowest BCUT2D eigenvalue weighted by atomic mass is 9.65. The van der Waals surface area contributed by atoms with Crippen molar-refractivity contribution >= 4 is 11.9 Å². The Morgan fingerprint density at radius 3 is 2.53 bits per heavy atom. The lowest BCUT2D eigenvalue weighted by Crippen LogP contribution is -2.57. The second-order valence-electron chi connectivity index (χ2n) is 4.81. The highest BCUT2D eigenvalue weighted by molar-refractivity contribution is 5.82. The number of nitrogens with one attached hydrogen (secondary N) is 1. The summed E-state index contributed by atoms with van der Waals surface area (Å²) >= 11 is 0. The Kier molecular flexibility index (Phi) is 2.24. The molecule has 3 fully saturated rings. The van der Waals surface area contributed by atoms with Gasteiger partial charge in [-0.15, -0.1) is 0 Å². The van der Waals surface area contributed by atoms with Gasteiger partial charge in [-0.3, -0.25) is 9.59 Å². The minimum atomic E-state index is -0.282. The number of carbonyl (C=O) groups is 2. The second-order valence-corrected chi connectivity index (χ2v) is 4.81. The summed E-state index contributed by atoms with van der Waals surface area (Å²) in [6, 6.07) is 0. The highest BCUT2D eigenvalue weighted by Gasteiger charge is 2.65. The minimum Gasteiger partial charge on any atom is -0.469 e. The Hall–Kier alpha value is -1.06. The van der Waals surface area contributed by atoms with Crippen LogP contribution in [-0.4, -0.2) is 24.5 Å². The van der Waals surface area contributed by atoms with Gasteiger partial charge in [-0.25, -0.2) is 0 Å². The third kappa shape index (κ3) is 1.43. The van der Waals surface area contributed by atoms with Gasteiger partial charge in [0.2, 0.25) is 5.91 Å². The molecule has 15 heavy (non-hydrogen) atoms. The van der Waals surface area contributed by atoms with Crippen molar-refractivity contribution in [3.63, 3.8) is 0 Å². The molecule has 3 rings (SSSR count). The Morgan fingerprint density at radius 2 is 2.00 bits per heavy atom. The molecule has 4 heteroatoms. The van der Waals surface area contributed by atoms with E-state index in [1.54, 1.807) is 0 Å². The van der Waals surface area contributed by atoms with E-state index in [-0.39, 0.29) is 22.8 Å². The minimum absolute atomic E-state index is 0.0790. The summed E-state index contributed by atoms with van der Waals surface area (Å²) in [6.45, 7) is 1.84. The lowest BCUT2D eigenvalue weighted by Gasteiger charge is -2.45. The highest BCUT2D eigenvalue weighted by Crippen LogP contribution is 2.61. The van der Waals surface area contributed by atoms with E-state index in [9.17, 15) is 9.59 Å².